The molecular formula is C13H16FN3O2. The minimum atomic E-state index is -0.633. The Morgan fingerprint density at radius 2 is 1.89 bits per heavy atom. The number of nitrogens with zero attached hydrogens (tertiary/aromatic N) is 1. The molecule has 0 unspecified atom stereocenters. The third-order valence-corrected chi connectivity index (χ3v) is 2.21. The van der Waals surface area contributed by atoms with Crippen LogP contribution in [0.15, 0.2) is 40.5 Å². The van der Waals surface area contributed by atoms with Gasteiger partial charge in [-0.05, 0) is 38.1 Å². The van der Waals surface area contributed by atoms with Crippen LogP contribution in [0.5, 0.6) is 0 Å². The van der Waals surface area contributed by atoms with E-state index >= 15 is 0 Å². The van der Waals surface area contributed by atoms with Gasteiger partial charge in [0.1, 0.15) is 17.2 Å². The number of hydrogen-bond acceptors (Lipinski definition) is 4. The molecule has 0 aliphatic rings. The second kappa shape index (κ2) is 6.53. The number of benzene rings is 1. The fraction of sp³-hybridized carbons (Fsp3) is 0.231. The number of halogens is 1. The van der Waals surface area contributed by atoms with Crippen LogP contribution in [0.3, 0.4) is 0 Å². The van der Waals surface area contributed by atoms with Crippen molar-refractivity contribution in [2.75, 3.05) is 6.61 Å². The molecule has 0 aliphatic carbocycles. The summed E-state index contributed by atoms with van der Waals surface area (Å²) < 4.78 is 17.6. The lowest BCUT2D eigenvalue weighted by Crippen LogP contribution is -2.26. The average Bonchev–Trinajstić information content (AvgIpc) is 2.32. The molecule has 4 N–H and O–H groups in total. The lowest BCUT2D eigenvalue weighted by molar-refractivity contribution is -0.137. The van der Waals surface area contributed by atoms with E-state index in [4.69, 9.17) is 16.2 Å². The number of carbonyl (C=O) groups is 1. The molecule has 19 heavy (non-hydrogen) atoms. The summed E-state index contributed by atoms with van der Waals surface area (Å²) in [6.45, 7) is 3.41. The van der Waals surface area contributed by atoms with Gasteiger partial charge in [-0.1, -0.05) is 0 Å². The van der Waals surface area contributed by atoms with Crippen LogP contribution in [0.25, 0.3) is 0 Å². The first-order chi connectivity index (χ1) is 8.95. The van der Waals surface area contributed by atoms with E-state index in [2.05, 4.69) is 4.99 Å². The predicted molar refractivity (Wildman–Crippen MR) is 71.2 cm³/mol. The highest BCUT2D eigenvalue weighted by molar-refractivity contribution is 6.19. The second-order valence-electron chi connectivity index (χ2n) is 3.75. The molecule has 0 fully saturated rings. The lowest BCUT2D eigenvalue weighted by Gasteiger charge is -2.08. The van der Waals surface area contributed by atoms with Crippen LogP contribution in [0, 0.1) is 5.82 Å². The normalized spacial score (nSPS) is 12.9. The maximum Gasteiger partial charge on any atom is 0.343 e. The largest absolute Gasteiger partial charge is 0.462 e. The van der Waals surface area contributed by atoms with Crippen LogP contribution in [0.4, 0.5) is 10.1 Å². The molecule has 0 aliphatic heterocycles. The smallest absolute Gasteiger partial charge is 0.343 e. The first-order valence-electron chi connectivity index (χ1n) is 5.69. The molecule has 0 saturated heterocycles. The zero-order valence-corrected chi connectivity index (χ0v) is 10.8. The van der Waals surface area contributed by atoms with E-state index in [0.29, 0.717) is 5.69 Å². The Morgan fingerprint density at radius 3 is 2.37 bits per heavy atom. The van der Waals surface area contributed by atoms with Crippen LogP contribution >= 0.6 is 0 Å². The number of ether oxygens (including phenoxy) is 1. The Hall–Kier alpha value is -2.37. The van der Waals surface area contributed by atoms with E-state index in [-0.39, 0.29) is 29.5 Å². The molecule has 0 atom stereocenters. The second-order valence-corrected chi connectivity index (χ2v) is 3.75. The number of allylic oxidation sites excluding steroid dienone is 1. The van der Waals surface area contributed by atoms with Gasteiger partial charge in [-0.15, -0.1) is 0 Å². The van der Waals surface area contributed by atoms with Crippen LogP contribution in [0.2, 0.25) is 0 Å². The Balaban J connectivity index is 3.07. The molecule has 0 aromatic heterocycles. The molecule has 0 saturated carbocycles. The summed E-state index contributed by atoms with van der Waals surface area (Å²) >= 11 is 0. The van der Waals surface area contributed by atoms with Crippen LogP contribution in [0.1, 0.15) is 13.8 Å². The summed E-state index contributed by atoms with van der Waals surface area (Å²) in [4.78, 5) is 15.7. The highest BCUT2D eigenvalue weighted by Crippen LogP contribution is 2.14. The molecule has 6 heteroatoms. The Kier molecular flexibility index (Phi) is 5.05. The van der Waals surface area contributed by atoms with Crippen molar-refractivity contribution in [2.24, 2.45) is 16.5 Å². The minimum Gasteiger partial charge on any atom is -0.462 e. The van der Waals surface area contributed by atoms with Gasteiger partial charge in [0.05, 0.1) is 12.3 Å². The molecule has 1 rings (SSSR count). The van der Waals surface area contributed by atoms with Gasteiger partial charge < -0.3 is 16.2 Å². The van der Waals surface area contributed by atoms with E-state index in [1.807, 2.05) is 0 Å². The van der Waals surface area contributed by atoms with Crippen LogP contribution in [-0.4, -0.2) is 18.4 Å². The number of rotatable bonds is 4. The van der Waals surface area contributed by atoms with Crippen molar-refractivity contribution in [3.63, 3.8) is 0 Å². The minimum absolute atomic E-state index is 0.0196. The van der Waals surface area contributed by atoms with Crippen molar-refractivity contribution >= 4 is 17.5 Å². The summed E-state index contributed by atoms with van der Waals surface area (Å²) in [6, 6.07) is 5.37. The zero-order chi connectivity index (χ0) is 14.4. The molecule has 0 amide bonds. The van der Waals surface area contributed by atoms with Crippen molar-refractivity contribution in [2.45, 2.75) is 13.8 Å². The van der Waals surface area contributed by atoms with Gasteiger partial charge >= 0.3 is 5.97 Å². The number of carbonyl (C=O) groups excluding carboxylic acids is 1. The number of amidine groups is 1. The summed E-state index contributed by atoms with van der Waals surface area (Å²) in [5.74, 6) is -1.08. The van der Waals surface area contributed by atoms with Crippen LogP contribution in [-0.2, 0) is 9.53 Å². The fourth-order valence-electron chi connectivity index (χ4n) is 1.38. The molecule has 0 bridgehead atoms. The van der Waals surface area contributed by atoms with Crippen molar-refractivity contribution in [1.82, 2.24) is 0 Å². The van der Waals surface area contributed by atoms with Gasteiger partial charge in [0, 0.05) is 5.70 Å². The third-order valence-electron chi connectivity index (χ3n) is 2.21. The molecule has 0 radical (unpaired) electrons. The van der Waals surface area contributed by atoms with Gasteiger partial charge in [-0.25, -0.2) is 14.2 Å². The molecule has 0 heterocycles. The Labute approximate surface area is 110 Å². The van der Waals surface area contributed by atoms with E-state index in [9.17, 15) is 9.18 Å². The molecule has 102 valence electrons. The molecule has 5 nitrogen and oxygen atoms in total. The van der Waals surface area contributed by atoms with Crippen molar-refractivity contribution < 1.29 is 13.9 Å². The average molecular weight is 265 g/mol. The van der Waals surface area contributed by atoms with E-state index < -0.39 is 5.97 Å². The molecule has 0 spiro atoms. The van der Waals surface area contributed by atoms with Crippen molar-refractivity contribution in [3.05, 3.63) is 41.4 Å². The molecule has 1 aromatic rings. The van der Waals surface area contributed by atoms with Crippen molar-refractivity contribution in [3.8, 4) is 0 Å². The van der Waals surface area contributed by atoms with Gasteiger partial charge in [0.15, 0.2) is 0 Å². The summed E-state index contributed by atoms with van der Waals surface area (Å²) in [5, 5.41) is 0. The summed E-state index contributed by atoms with van der Waals surface area (Å²) in [7, 11) is 0. The van der Waals surface area contributed by atoms with E-state index in [1.165, 1.54) is 31.2 Å². The Bertz CT molecular complexity index is 517. The van der Waals surface area contributed by atoms with Crippen molar-refractivity contribution in [1.29, 1.82) is 0 Å². The quantitative estimate of drug-likeness (QED) is 0.374. The van der Waals surface area contributed by atoms with Crippen LogP contribution < -0.4 is 11.5 Å². The van der Waals surface area contributed by atoms with Gasteiger partial charge in [0.25, 0.3) is 0 Å². The summed E-state index contributed by atoms with van der Waals surface area (Å²) in [6.07, 6.45) is 0. The van der Waals surface area contributed by atoms with Gasteiger partial charge in [0.2, 0.25) is 0 Å². The van der Waals surface area contributed by atoms with E-state index in [0.717, 1.165) is 0 Å². The Morgan fingerprint density at radius 1 is 1.32 bits per heavy atom. The first kappa shape index (κ1) is 14.7. The highest BCUT2D eigenvalue weighted by Gasteiger charge is 2.17. The van der Waals surface area contributed by atoms with E-state index in [1.54, 1.807) is 6.92 Å². The lowest BCUT2D eigenvalue weighted by atomic mass is 10.2. The maximum atomic E-state index is 12.8. The third kappa shape index (κ3) is 4.09. The molecule has 1 aromatic carbocycles. The number of hydrogen-bond donors (Lipinski definition) is 2. The zero-order valence-electron chi connectivity index (χ0n) is 10.8. The number of esters is 1. The molecular weight excluding hydrogens is 249 g/mol. The van der Waals surface area contributed by atoms with Gasteiger partial charge in [-0.3, -0.25) is 0 Å². The monoisotopic (exact) mass is 265 g/mol. The SMILES string of the molecule is CCOC(=O)C(C(N)=Nc1ccc(F)cc1)=C(C)N. The highest BCUT2D eigenvalue weighted by atomic mass is 19.1. The number of nitrogens with two attached hydrogens (primary N) is 2. The number of aliphatic imine (C=N–C) groups is 1. The predicted octanol–water partition coefficient (Wildman–Crippen LogP) is 1.61. The van der Waals surface area contributed by atoms with Gasteiger partial charge in [-0.2, -0.15) is 0 Å². The first-order valence-corrected chi connectivity index (χ1v) is 5.69. The fourth-order valence-corrected chi connectivity index (χ4v) is 1.38. The maximum absolute atomic E-state index is 12.8. The summed E-state index contributed by atoms with van der Waals surface area (Å²) in [5.41, 5.74) is 12.0. The topological polar surface area (TPSA) is 90.7 Å². The standard InChI is InChI=1S/C13H16FN3O2/c1-3-19-13(18)11(8(2)15)12(16)17-10-6-4-9(14)5-7-10/h4-7H,3,15H2,1-2H3,(H2,16,17).